The second kappa shape index (κ2) is 8.68. The molecule has 1 heterocycles. The number of ether oxygens (including phenoxy) is 2. The minimum Gasteiger partial charge on any atom is -0.496 e. The molecule has 0 saturated carbocycles. The summed E-state index contributed by atoms with van der Waals surface area (Å²) in [4.78, 5) is 36.5. The summed E-state index contributed by atoms with van der Waals surface area (Å²) >= 11 is 7.14. The molecule has 0 fully saturated rings. The van der Waals surface area contributed by atoms with Crippen molar-refractivity contribution >= 4 is 46.3 Å². The van der Waals surface area contributed by atoms with Gasteiger partial charge in [0.2, 0.25) is 11.7 Å². The second-order valence-electron chi connectivity index (χ2n) is 5.25. The van der Waals surface area contributed by atoms with Gasteiger partial charge in [0.1, 0.15) is 11.3 Å². The number of hydrogen-bond acceptors (Lipinski definition) is 7. The lowest BCUT2D eigenvalue weighted by molar-refractivity contribution is -0.119. The molecule has 0 spiro atoms. The van der Waals surface area contributed by atoms with E-state index in [0.717, 1.165) is 4.88 Å². The molecule has 1 aromatic heterocycles. The molecule has 1 amide bonds. The Morgan fingerprint density at radius 3 is 2.65 bits per heavy atom. The van der Waals surface area contributed by atoms with Gasteiger partial charge < -0.3 is 20.5 Å². The number of methoxy groups -OCH3 is 1. The van der Waals surface area contributed by atoms with Crippen LogP contribution in [0.2, 0.25) is 5.02 Å². The van der Waals surface area contributed by atoms with Crippen LogP contribution >= 0.6 is 22.9 Å². The summed E-state index contributed by atoms with van der Waals surface area (Å²) in [6.45, 7) is 1.33. The first-order valence-corrected chi connectivity index (χ1v) is 8.67. The lowest BCUT2D eigenvalue weighted by Gasteiger charge is -2.10. The Bertz CT molecular complexity index is 850. The summed E-state index contributed by atoms with van der Waals surface area (Å²) in [5.41, 5.74) is 6.01. The van der Waals surface area contributed by atoms with Crippen LogP contribution < -0.4 is 15.8 Å². The normalized spacial score (nSPS) is 10.3. The molecule has 26 heavy (non-hydrogen) atoms. The maximum absolute atomic E-state index is 12.2. The molecule has 7 nitrogen and oxygen atoms in total. The molecule has 0 aliphatic carbocycles. The van der Waals surface area contributed by atoms with Gasteiger partial charge in [-0.05, 0) is 18.2 Å². The number of benzene rings is 1. The number of halogens is 1. The number of hydrogen-bond donors (Lipinski definition) is 2. The summed E-state index contributed by atoms with van der Waals surface area (Å²) in [5.74, 6) is -1.04. The van der Waals surface area contributed by atoms with Crippen molar-refractivity contribution in [1.82, 2.24) is 5.32 Å². The minimum absolute atomic E-state index is 0.0806. The number of Topliss-reactive ketones (excluding diaryl/α,β-unsaturated/α-hetero) is 1. The fourth-order valence-corrected chi connectivity index (χ4v) is 3.05. The van der Waals surface area contributed by atoms with Gasteiger partial charge in [0.25, 0.3) is 0 Å². The molecular formula is C17H17ClN2O5S. The quantitative estimate of drug-likeness (QED) is 0.423. The van der Waals surface area contributed by atoms with Crippen LogP contribution in [-0.2, 0) is 16.1 Å². The van der Waals surface area contributed by atoms with Crippen LogP contribution in [0.15, 0.2) is 24.3 Å². The Kier molecular flexibility index (Phi) is 6.59. The highest BCUT2D eigenvalue weighted by Gasteiger charge is 2.19. The number of nitrogen functional groups attached to an aromatic ring is 1. The molecule has 9 heteroatoms. The molecule has 0 aliphatic rings. The van der Waals surface area contributed by atoms with E-state index < -0.39 is 12.6 Å². The maximum atomic E-state index is 12.2. The zero-order valence-electron chi connectivity index (χ0n) is 14.1. The van der Waals surface area contributed by atoms with Crippen molar-refractivity contribution in [2.24, 2.45) is 0 Å². The lowest BCUT2D eigenvalue weighted by Crippen LogP contribution is -2.18. The minimum atomic E-state index is -0.743. The monoisotopic (exact) mass is 396 g/mol. The molecule has 0 unspecified atom stereocenters. The number of anilines is 1. The summed E-state index contributed by atoms with van der Waals surface area (Å²) in [5, 5.41) is 2.83. The molecule has 0 aliphatic heterocycles. The van der Waals surface area contributed by atoms with E-state index in [1.54, 1.807) is 12.1 Å². The van der Waals surface area contributed by atoms with Crippen molar-refractivity contribution in [3.05, 3.63) is 44.6 Å². The van der Waals surface area contributed by atoms with Gasteiger partial charge in [-0.25, -0.2) is 4.79 Å². The zero-order chi connectivity index (χ0) is 19.3. The van der Waals surface area contributed by atoms with E-state index in [9.17, 15) is 14.4 Å². The Labute approximate surface area is 159 Å². The molecule has 0 saturated heterocycles. The van der Waals surface area contributed by atoms with E-state index in [0.29, 0.717) is 11.4 Å². The van der Waals surface area contributed by atoms with Gasteiger partial charge in [-0.3, -0.25) is 9.59 Å². The average molecular weight is 397 g/mol. The van der Waals surface area contributed by atoms with Gasteiger partial charge in [0.05, 0.1) is 29.2 Å². The smallest absolute Gasteiger partial charge is 0.342 e. The van der Waals surface area contributed by atoms with E-state index in [1.807, 2.05) is 0 Å². The fourth-order valence-electron chi connectivity index (χ4n) is 2.01. The summed E-state index contributed by atoms with van der Waals surface area (Å²) in [6, 6.07) is 6.10. The van der Waals surface area contributed by atoms with Gasteiger partial charge in [-0.15, -0.1) is 11.3 Å². The maximum Gasteiger partial charge on any atom is 0.342 e. The molecule has 2 rings (SSSR count). The van der Waals surface area contributed by atoms with Crippen LogP contribution in [0.5, 0.6) is 5.75 Å². The lowest BCUT2D eigenvalue weighted by atomic mass is 10.2. The summed E-state index contributed by atoms with van der Waals surface area (Å²) < 4.78 is 10.1. The highest BCUT2D eigenvalue weighted by Crippen LogP contribution is 2.29. The van der Waals surface area contributed by atoms with E-state index in [-0.39, 0.29) is 33.7 Å². The number of nitrogens with two attached hydrogens (primary N) is 1. The molecule has 1 aromatic carbocycles. The Hall–Kier alpha value is -2.58. The van der Waals surface area contributed by atoms with E-state index >= 15 is 0 Å². The summed E-state index contributed by atoms with van der Waals surface area (Å²) in [6.07, 6.45) is 0. The molecule has 0 radical (unpaired) electrons. The third-order valence-electron chi connectivity index (χ3n) is 3.32. The highest BCUT2D eigenvalue weighted by atomic mass is 35.5. The first-order valence-electron chi connectivity index (χ1n) is 7.48. The third kappa shape index (κ3) is 4.96. The van der Waals surface area contributed by atoms with Crippen molar-refractivity contribution in [2.45, 2.75) is 13.5 Å². The largest absolute Gasteiger partial charge is 0.496 e. The topological polar surface area (TPSA) is 108 Å². The van der Waals surface area contributed by atoms with E-state index in [1.165, 1.54) is 37.5 Å². The fraction of sp³-hybridized carbons (Fsp3) is 0.235. The van der Waals surface area contributed by atoms with Crippen molar-refractivity contribution in [1.29, 1.82) is 0 Å². The molecule has 3 N–H and O–H groups in total. The van der Waals surface area contributed by atoms with Crippen LogP contribution in [0.1, 0.15) is 31.8 Å². The molecular weight excluding hydrogens is 380 g/mol. The predicted molar refractivity (Wildman–Crippen MR) is 98.9 cm³/mol. The third-order valence-corrected chi connectivity index (χ3v) is 4.77. The zero-order valence-corrected chi connectivity index (χ0v) is 15.7. The van der Waals surface area contributed by atoms with Gasteiger partial charge in [0, 0.05) is 17.9 Å². The van der Waals surface area contributed by atoms with Gasteiger partial charge in [-0.1, -0.05) is 11.6 Å². The number of thiophene rings is 1. The first kappa shape index (κ1) is 19.7. The number of carbonyl (C=O) groups is 3. The predicted octanol–water partition coefficient (Wildman–Crippen LogP) is 2.67. The van der Waals surface area contributed by atoms with Crippen LogP contribution in [-0.4, -0.2) is 31.4 Å². The Morgan fingerprint density at radius 1 is 1.27 bits per heavy atom. The van der Waals surface area contributed by atoms with Crippen LogP contribution in [0.3, 0.4) is 0 Å². The standard InChI is InChI=1S/C17H17ClN2O5S/c1-9(21)20-7-10-3-4-16(26-10)14(22)8-25-17(23)11-5-12(18)13(19)6-15(11)24-2/h3-6H,7-8,19H2,1-2H3,(H,20,21). The molecule has 138 valence electrons. The Morgan fingerprint density at radius 2 is 2.00 bits per heavy atom. The van der Waals surface area contributed by atoms with Crippen molar-refractivity contribution in [3.63, 3.8) is 0 Å². The van der Waals surface area contributed by atoms with Crippen molar-refractivity contribution in [3.8, 4) is 5.75 Å². The van der Waals surface area contributed by atoms with Crippen LogP contribution in [0, 0.1) is 0 Å². The Balaban J connectivity index is 2.00. The second-order valence-corrected chi connectivity index (χ2v) is 6.82. The first-order chi connectivity index (χ1) is 12.3. The average Bonchev–Trinajstić information content (AvgIpc) is 3.08. The van der Waals surface area contributed by atoms with Gasteiger partial charge in [-0.2, -0.15) is 0 Å². The number of ketones is 1. The van der Waals surface area contributed by atoms with E-state index in [4.69, 9.17) is 26.8 Å². The molecule has 0 bridgehead atoms. The van der Waals surface area contributed by atoms with Crippen molar-refractivity contribution < 1.29 is 23.9 Å². The number of rotatable bonds is 7. The number of esters is 1. The number of carbonyl (C=O) groups excluding carboxylic acids is 3. The number of amides is 1. The molecule has 0 atom stereocenters. The van der Waals surface area contributed by atoms with Gasteiger partial charge in [0.15, 0.2) is 6.61 Å². The van der Waals surface area contributed by atoms with Crippen LogP contribution in [0.25, 0.3) is 0 Å². The van der Waals surface area contributed by atoms with Gasteiger partial charge >= 0.3 is 5.97 Å². The molecule has 2 aromatic rings. The highest BCUT2D eigenvalue weighted by molar-refractivity contribution is 7.14. The van der Waals surface area contributed by atoms with Crippen molar-refractivity contribution in [2.75, 3.05) is 19.5 Å². The van der Waals surface area contributed by atoms with E-state index in [2.05, 4.69) is 5.32 Å². The summed E-state index contributed by atoms with van der Waals surface area (Å²) in [7, 11) is 1.38. The SMILES string of the molecule is COc1cc(N)c(Cl)cc1C(=O)OCC(=O)c1ccc(CNC(C)=O)s1. The van der Waals surface area contributed by atoms with Crippen LogP contribution in [0.4, 0.5) is 5.69 Å². The number of nitrogens with one attached hydrogen (secondary N) is 1.